The van der Waals surface area contributed by atoms with Gasteiger partial charge in [-0.15, -0.1) is 0 Å². The van der Waals surface area contributed by atoms with Crippen molar-refractivity contribution in [3.63, 3.8) is 0 Å². The van der Waals surface area contributed by atoms with E-state index in [-0.39, 0.29) is 24.7 Å². The summed E-state index contributed by atoms with van der Waals surface area (Å²) in [5, 5.41) is 9.79. The maximum absolute atomic E-state index is 13.9. The zero-order chi connectivity index (χ0) is 23.3. The maximum atomic E-state index is 13.9. The summed E-state index contributed by atoms with van der Waals surface area (Å²) in [5.74, 6) is 0.585. The number of nitrogens with one attached hydrogen (secondary N) is 2. The van der Waals surface area contributed by atoms with Crippen LogP contribution in [-0.2, 0) is 0 Å². The quantitative estimate of drug-likeness (QED) is 0.568. The minimum Gasteiger partial charge on any atom is -0.454 e. The molecule has 0 radical (unpaired) electrons. The van der Waals surface area contributed by atoms with E-state index in [0.29, 0.717) is 22.7 Å². The van der Waals surface area contributed by atoms with Crippen LogP contribution in [0.5, 0.6) is 11.5 Å². The molecule has 0 unspecified atom stereocenters. The first-order chi connectivity index (χ1) is 15.7. The van der Waals surface area contributed by atoms with Gasteiger partial charge in [-0.25, -0.2) is 4.68 Å². The van der Waals surface area contributed by atoms with Crippen LogP contribution >= 0.6 is 0 Å². The molecule has 0 saturated carbocycles. The molecule has 3 heterocycles. The number of hydrogen-bond donors (Lipinski definition) is 2. The molecule has 2 N–H and O–H groups in total. The Morgan fingerprint density at radius 3 is 2.64 bits per heavy atom. The van der Waals surface area contributed by atoms with Crippen molar-refractivity contribution in [3.8, 4) is 11.5 Å². The second-order valence-electron chi connectivity index (χ2n) is 8.22. The van der Waals surface area contributed by atoms with Crippen LogP contribution in [0.15, 0.2) is 42.5 Å². The molecule has 2 aromatic carbocycles. The lowest BCUT2D eigenvalue weighted by atomic mass is 9.96. The molecule has 3 aromatic rings. The van der Waals surface area contributed by atoms with Gasteiger partial charge in [0.15, 0.2) is 23.2 Å². The number of anilines is 2. The van der Waals surface area contributed by atoms with Gasteiger partial charge in [0.1, 0.15) is 5.82 Å². The normalized spacial score (nSPS) is 19.1. The van der Waals surface area contributed by atoms with E-state index in [1.807, 2.05) is 19.9 Å². The van der Waals surface area contributed by atoms with Gasteiger partial charge in [-0.3, -0.25) is 4.79 Å². The Morgan fingerprint density at radius 1 is 1.09 bits per heavy atom. The van der Waals surface area contributed by atoms with E-state index in [2.05, 4.69) is 15.7 Å². The highest BCUT2D eigenvalue weighted by Crippen LogP contribution is 2.45. The van der Waals surface area contributed by atoms with Gasteiger partial charge >= 0.3 is 6.18 Å². The molecular weight excluding hydrogens is 437 g/mol. The largest absolute Gasteiger partial charge is 0.454 e. The number of benzene rings is 2. The molecule has 0 saturated heterocycles. The van der Waals surface area contributed by atoms with E-state index in [0.717, 1.165) is 15.8 Å². The molecule has 5 rings (SSSR count). The lowest BCUT2D eigenvalue weighted by Gasteiger charge is -2.33. The topological polar surface area (TPSA) is 77.4 Å². The Labute approximate surface area is 187 Å². The van der Waals surface area contributed by atoms with E-state index in [9.17, 15) is 18.0 Å². The molecule has 0 fully saturated rings. The maximum Gasteiger partial charge on any atom is 0.410 e. The van der Waals surface area contributed by atoms with Crippen LogP contribution < -0.4 is 20.1 Å². The number of carbonyl (C=O) groups excluding carboxylic acids is 1. The summed E-state index contributed by atoms with van der Waals surface area (Å²) in [6.45, 7) is 3.94. The van der Waals surface area contributed by atoms with Crippen LogP contribution in [-0.4, -0.2) is 28.7 Å². The van der Waals surface area contributed by atoms with Crippen molar-refractivity contribution in [1.82, 2.24) is 9.78 Å². The highest BCUT2D eigenvalue weighted by atomic mass is 19.4. The van der Waals surface area contributed by atoms with Crippen LogP contribution in [0.1, 0.15) is 45.7 Å². The van der Waals surface area contributed by atoms with Crippen molar-refractivity contribution in [2.45, 2.75) is 38.5 Å². The number of carbonyl (C=O) groups is 1. The van der Waals surface area contributed by atoms with E-state index in [1.165, 1.54) is 6.07 Å². The molecule has 7 nitrogen and oxygen atoms in total. The van der Waals surface area contributed by atoms with Gasteiger partial charge in [-0.1, -0.05) is 12.1 Å². The Kier molecular flexibility index (Phi) is 4.95. The summed E-state index contributed by atoms with van der Waals surface area (Å²) in [6, 6.07) is 9.27. The van der Waals surface area contributed by atoms with Gasteiger partial charge in [0.25, 0.3) is 5.91 Å². The Morgan fingerprint density at radius 2 is 1.88 bits per heavy atom. The third kappa shape index (κ3) is 3.96. The van der Waals surface area contributed by atoms with Crippen molar-refractivity contribution in [2.75, 3.05) is 17.4 Å². The molecule has 1 amide bonds. The monoisotopic (exact) mass is 458 g/mol. The molecule has 0 spiro atoms. The summed E-state index contributed by atoms with van der Waals surface area (Å²) in [7, 11) is 0. The molecule has 172 valence electrons. The Bertz CT molecular complexity index is 1240. The van der Waals surface area contributed by atoms with Crippen molar-refractivity contribution in [3.05, 3.63) is 64.8 Å². The lowest BCUT2D eigenvalue weighted by molar-refractivity contribution is -0.173. The van der Waals surface area contributed by atoms with Crippen LogP contribution in [0.25, 0.3) is 0 Å². The average Bonchev–Trinajstić information content (AvgIpc) is 3.41. The predicted octanol–water partition coefficient (Wildman–Crippen LogP) is 5.14. The third-order valence-corrected chi connectivity index (χ3v) is 5.99. The molecule has 2 atom stereocenters. The Balaban J connectivity index is 1.44. The number of rotatable bonds is 3. The first kappa shape index (κ1) is 21.2. The lowest BCUT2D eigenvalue weighted by Crippen LogP contribution is -2.35. The predicted molar refractivity (Wildman–Crippen MR) is 115 cm³/mol. The molecule has 0 bridgehead atoms. The zero-order valence-corrected chi connectivity index (χ0v) is 17.9. The molecule has 10 heteroatoms. The van der Waals surface area contributed by atoms with Crippen molar-refractivity contribution < 1.29 is 27.4 Å². The second-order valence-corrected chi connectivity index (χ2v) is 8.22. The standard InChI is InChI=1S/C23H21F3N4O3/c1-12-3-5-15(7-13(12)2)27-22(31)17-10-21-28-16(9-20(23(24,25)26)30(21)29-17)14-4-6-18-19(8-14)33-11-32-18/h3-8,10,16,20,28H,9,11H2,1-2H3,(H,27,31)/t16-,20+/m0/s1. The van der Waals surface area contributed by atoms with E-state index < -0.39 is 24.2 Å². The molecular formula is C23H21F3N4O3. The fraction of sp³-hybridized carbons (Fsp3) is 0.304. The van der Waals surface area contributed by atoms with Crippen molar-refractivity contribution in [1.29, 1.82) is 0 Å². The SMILES string of the molecule is Cc1ccc(NC(=O)c2cc3n(n2)[C@@H](C(F)(F)F)C[C@@H](c2ccc4c(c2)OCO4)N3)cc1C. The summed E-state index contributed by atoms with van der Waals surface area (Å²) < 4.78 is 53.3. The van der Waals surface area contributed by atoms with Gasteiger partial charge in [-0.05, 0) is 54.8 Å². The molecule has 2 aliphatic heterocycles. The number of aryl methyl sites for hydroxylation is 2. The van der Waals surface area contributed by atoms with Crippen LogP contribution in [0.3, 0.4) is 0 Å². The first-order valence-corrected chi connectivity index (χ1v) is 10.4. The highest BCUT2D eigenvalue weighted by Gasteiger charge is 2.47. The minimum absolute atomic E-state index is 0.0772. The van der Waals surface area contributed by atoms with Gasteiger partial charge < -0.3 is 20.1 Å². The van der Waals surface area contributed by atoms with Gasteiger partial charge in [-0.2, -0.15) is 18.3 Å². The summed E-state index contributed by atoms with van der Waals surface area (Å²) in [5.41, 5.74) is 3.13. The number of alkyl halides is 3. The smallest absolute Gasteiger partial charge is 0.410 e. The second kappa shape index (κ2) is 7.72. The Hall–Kier alpha value is -3.69. The summed E-state index contributed by atoms with van der Waals surface area (Å²) >= 11 is 0. The highest BCUT2D eigenvalue weighted by molar-refractivity contribution is 6.03. The van der Waals surface area contributed by atoms with Crippen molar-refractivity contribution >= 4 is 17.4 Å². The first-order valence-electron chi connectivity index (χ1n) is 10.4. The average molecular weight is 458 g/mol. The molecule has 1 aromatic heterocycles. The molecule has 2 aliphatic rings. The minimum atomic E-state index is -4.54. The fourth-order valence-electron chi connectivity index (χ4n) is 4.05. The summed E-state index contributed by atoms with van der Waals surface area (Å²) in [6.07, 6.45) is -4.82. The van der Waals surface area contributed by atoms with Crippen LogP contribution in [0, 0.1) is 13.8 Å². The van der Waals surface area contributed by atoms with Crippen LogP contribution in [0.4, 0.5) is 24.7 Å². The summed E-state index contributed by atoms with van der Waals surface area (Å²) in [4.78, 5) is 12.7. The van der Waals surface area contributed by atoms with E-state index >= 15 is 0 Å². The van der Waals surface area contributed by atoms with E-state index in [4.69, 9.17) is 9.47 Å². The van der Waals surface area contributed by atoms with Gasteiger partial charge in [0.2, 0.25) is 6.79 Å². The number of aromatic nitrogens is 2. The van der Waals surface area contributed by atoms with Gasteiger partial charge in [0.05, 0.1) is 6.04 Å². The number of hydrogen-bond acceptors (Lipinski definition) is 5. The van der Waals surface area contributed by atoms with Crippen LogP contribution in [0.2, 0.25) is 0 Å². The zero-order valence-electron chi connectivity index (χ0n) is 17.9. The number of nitrogens with zero attached hydrogens (tertiary/aromatic N) is 2. The molecule has 0 aliphatic carbocycles. The van der Waals surface area contributed by atoms with Gasteiger partial charge in [0, 0.05) is 18.2 Å². The molecule has 33 heavy (non-hydrogen) atoms. The van der Waals surface area contributed by atoms with Crippen molar-refractivity contribution in [2.24, 2.45) is 0 Å². The number of halogens is 3. The third-order valence-electron chi connectivity index (χ3n) is 5.99. The fourth-order valence-corrected chi connectivity index (χ4v) is 4.05. The number of ether oxygens (including phenoxy) is 2. The number of fused-ring (bicyclic) bond motifs is 2. The number of amides is 1. The van der Waals surface area contributed by atoms with E-state index in [1.54, 1.807) is 30.3 Å².